The lowest BCUT2D eigenvalue weighted by Crippen LogP contribution is -2.10. The zero-order valence-electron chi connectivity index (χ0n) is 11.4. The maximum atomic E-state index is 5.64. The molecule has 3 heteroatoms. The number of nitrogens with two attached hydrogens (primary N) is 1. The molecule has 0 radical (unpaired) electrons. The van der Waals surface area contributed by atoms with Crippen LogP contribution in [0.25, 0.3) is 11.3 Å². The maximum Gasteiger partial charge on any atom is 0.107 e. The molecule has 0 unspecified atom stereocenters. The van der Waals surface area contributed by atoms with Crippen molar-refractivity contribution in [3.63, 3.8) is 0 Å². The predicted octanol–water partition coefficient (Wildman–Crippen LogP) is 3.87. The van der Waals surface area contributed by atoms with E-state index in [2.05, 4.69) is 56.9 Å². The van der Waals surface area contributed by atoms with E-state index < -0.39 is 0 Å². The van der Waals surface area contributed by atoms with E-state index in [0.29, 0.717) is 6.54 Å². The molecule has 0 bridgehead atoms. The molecule has 0 atom stereocenters. The summed E-state index contributed by atoms with van der Waals surface area (Å²) in [5.74, 6) is 0. The maximum absolute atomic E-state index is 5.64. The quantitative estimate of drug-likeness (QED) is 0.890. The summed E-state index contributed by atoms with van der Waals surface area (Å²) >= 11 is 1.68. The first-order valence-corrected chi connectivity index (χ1v) is 7.01. The van der Waals surface area contributed by atoms with E-state index in [1.165, 1.54) is 16.0 Å². The second-order valence-electron chi connectivity index (χ2n) is 5.54. The Bertz CT molecular complexity index is 533. The molecular formula is C15H20N2S. The first-order chi connectivity index (χ1) is 8.41. The molecule has 2 nitrogen and oxygen atoms in total. The van der Waals surface area contributed by atoms with Crippen LogP contribution in [-0.2, 0) is 12.0 Å². The number of hydrogen-bond acceptors (Lipinski definition) is 3. The highest BCUT2D eigenvalue weighted by Gasteiger charge is 2.14. The fourth-order valence-corrected chi connectivity index (χ4v) is 2.77. The second kappa shape index (κ2) is 4.82. The topological polar surface area (TPSA) is 38.9 Å². The summed E-state index contributed by atoms with van der Waals surface area (Å²) in [7, 11) is 0. The third-order valence-corrected chi connectivity index (χ3v) is 4.03. The molecule has 0 aliphatic heterocycles. The third-order valence-electron chi connectivity index (χ3n) is 3.04. The van der Waals surface area contributed by atoms with Crippen molar-refractivity contribution in [3.05, 3.63) is 39.7 Å². The second-order valence-corrected chi connectivity index (χ2v) is 6.83. The fourth-order valence-electron chi connectivity index (χ4n) is 1.93. The summed E-state index contributed by atoms with van der Waals surface area (Å²) < 4.78 is 0. The van der Waals surface area contributed by atoms with Gasteiger partial charge >= 0.3 is 0 Å². The highest BCUT2D eigenvalue weighted by atomic mass is 32.1. The van der Waals surface area contributed by atoms with Crippen molar-refractivity contribution < 1.29 is 0 Å². The Balaban J connectivity index is 2.37. The van der Waals surface area contributed by atoms with Crippen molar-refractivity contribution in [1.82, 2.24) is 4.98 Å². The lowest BCUT2D eigenvalue weighted by molar-refractivity contribution is 0.590. The largest absolute Gasteiger partial charge is 0.325 e. The Morgan fingerprint density at radius 2 is 1.78 bits per heavy atom. The molecule has 0 saturated carbocycles. The van der Waals surface area contributed by atoms with Gasteiger partial charge in [-0.2, -0.15) is 0 Å². The average Bonchev–Trinajstić information content (AvgIpc) is 2.70. The molecule has 0 aliphatic rings. The minimum absolute atomic E-state index is 0.193. The van der Waals surface area contributed by atoms with Crippen LogP contribution in [0.3, 0.4) is 0 Å². The van der Waals surface area contributed by atoms with Gasteiger partial charge in [0.05, 0.1) is 5.69 Å². The third kappa shape index (κ3) is 2.62. The Morgan fingerprint density at radius 3 is 2.22 bits per heavy atom. The summed E-state index contributed by atoms with van der Waals surface area (Å²) in [5.41, 5.74) is 9.42. The molecule has 0 spiro atoms. The normalized spacial score (nSPS) is 11.8. The number of aryl methyl sites for hydroxylation is 1. The lowest BCUT2D eigenvalue weighted by Gasteiger charge is -2.19. The Hall–Kier alpha value is -1.19. The summed E-state index contributed by atoms with van der Waals surface area (Å²) in [6.45, 7) is 9.29. The van der Waals surface area contributed by atoms with Crippen molar-refractivity contribution >= 4 is 11.3 Å². The molecule has 1 aromatic heterocycles. The molecule has 2 aromatic rings. The predicted molar refractivity (Wildman–Crippen MR) is 78.9 cm³/mol. The van der Waals surface area contributed by atoms with E-state index >= 15 is 0 Å². The molecule has 1 aromatic carbocycles. The van der Waals surface area contributed by atoms with Crippen LogP contribution in [0.1, 0.15) is 36.2 Å². The van der Waals surface area contributed by atoms with Gasteiger partial charge in [0.15, 0.2) is 0 Å². The first-order valence-electron chi connectivity index (χ1n) is 6.19. The lowest BCUT2D eigenvalue weighted by atomic mass is 9.86. The monoisotopic (exact) mass is 260 g/mol. The van der Waals surface area contributed by atoms with Gasteiger partial charge in [-0.25, -0.2) is 4.98 Å². The number of rotatable bonds is 2. The van der Waals surface area contributed by atoms with E-state index in [-0.39, 0.29) is 5.41 Å². The van der Waals surface area contributed by atoms with E-state index in [0.717, 1.165) is 10.7 Å². The standard InChI is InChI=1S/C15H20N2S/c1-10-14(17-13(9-16)18-10)11-5-7-12(8-6-11)15(2,3)4/h5-8H,9,16H2,1-4H3. The van der Waals surface area contributed by atoms with Crippen LogP contribution < -0.4 is 5.73 Å². The Labute approximate surface area is 113 Å². The van der Waals surface area contributed by atoms with E-state index in [4.69, 9.17) is 5.73 Å². The van der Waals surface area contributed by atoms with E-state index in [9.17, 15) is 0 Å². The zero-order chi connectivity index (χ0) is 13.3. The molecule has 0 saturated heterocycles. The highest BCUT2D eigenvalue weighted by Crippen LogP contribution is 2.29. The molecule has 96 valence electrons. The van der Waals surface area contributed by atoms with Gasteiger partial charge in [0.2, 0.25) is 0 Å². The number of benzene rings is 1. The summed E-state index contributed by atoms with van der Waals surface area (Å²) in [6.07, 6.45) is 0. The van der Waals surface area contributed by atoms with Crippen LogP contribution in [-0.4, -0.2) is 4.98 Å². The fraction of sp³-hybridized carbons (Fsp3) is 0.400. The van der Waals surface area contributed by atoms with Crippen molar-refractivity contribution in [1.29, 1.82) is 0 Å². The molecule has 2 N–H and O–H groups in total. The van der Waals surface area contributed by atoms with Crippen molar-refractivity contribution in [2.24, 2.45) is 5.73 Å². The highest BCUT2D eigenvalue weighted by molar-refractivity contribution is 7.12. The molecule has 0 amide bonds. The zero-order valence-corrected chi connectivity index (χ0v) is 12.3. The minimum atomic E-state index is 0.193. The molecule has 18 heavy (non-hydrogen) atoms. The van der Waals surface area contributed by atoms with Gasteiger partial charge in [-0.05, 0) is 17.9 Å². The van der Waals surface area contributed by atoms with Gasteiger partial charge in [-0.3, -0.25) is 0 Å². The molecule has 2 rings (SSSR count). The first kappa shape index (κ1) is 13.2. The van der Waals surface area contributed by atoms with E-state index in [1.54, 1.807) is 11.3 Å². The molecule has 0 aliphatic carbocycles. The number of thiazole rings is 1. The van der Waals surface area contributed by atoms with Gasteiger partial charge in [-0.1, -0.05) is 45.0 Å². The van der Waals surface area contributed by atoms with Gasteiger partial charge in [0.25, 0.3) is 0 Å². The van der Waals surface area contributed by atoms with Crippen LogP contribution in [0, 0.1) is 6.92 Å². The minimum Gasteiger partial charge on any atom is -0.325 e. The van der Waals surface area contributed by atoms with Gasteiger partial charge in [-0.15, -0.1) is 11.3 Å². The van der Waals surface area contributed by atoms with Gasteiger partial charge < -0.3 is 5.73 Å². The SMILES string of the molecule is Cc1sc(CN)nc1-c1ccc(C(C)(C)C)cc1. The molecule has 1 heterocycles. The van der Waals surface area contributed by atoms with Crippen LogP contribution in [0.5, 0.6) is 0 Å². The molecule has 0 fully saturated rings. The Morgan fingerprint density at radius 1 is 1.17 bits per heavy atom. The Kier molecular flexibility index (Phi) is 3.55. The molecular weight excluding hydrogens is 240 g/mol. The number of aromatic nitrogens is 1. The van der Waals surface area contributed by atoms with Gasteiger partial charge in [0.1, 0.15) is 5.01 Å². The van der Waals surface area contributed by atoms with Crippen LogP contribution in [0.4, 0.5) is 0 Å². The van der Waals surface area contributed by atoms with Gasteiger partial charge in [0, 0.05) is 17.0 Å². The van der Waals surface area contributed by atoms with Crippen LogP contribution >= 0.6 is 11.3 Å². The van der Waals surface area contributed by atoms with Crippen molar-refractivity contribution in [2.75, 3.05) is 0 Å². The van der Waals surface area contributed by atoms with Crippen molar-refractivity contribution in [2.45, 2.75) is 39.7 Å². The summed E-state index contributed by atoms with van der Waals surface area (Å²) in [6, 6.07) is 8.69. The van der Waals surface area contributed by atoms with Crippen LogP contribution in [0.2, 0.25) is 0 Å². The van der Waals surface area contributed by atoms with E-state index in [1.807, 2.05) is 0 Å². The van der Waals surface area contributed by atoms with Crippen molar-refractivity contribution in [3.8, 4) is 11.3 Å². The smallest absolute Gasteiger partial charge is 0.107 e. The number of hydrogen-bond donors (Lipinski definition) is 1. The summed E-state index contributed by atoms with van der Waals surface area (Å²) in [5, 5.41) is 1.00. The van der Waals surface area contributed by atoms with Crippen LogP contribution in [0.15, 0.2) is 24.3 Å². The summed E-state index contributed by atoms with van der Waals surface area (Å²) in [4.78, 5) is 5.82. The number of nitrogens with zero attached hydrogens (tertiary/aromatic N) is 1. The average molecular weight is 260 g/mol.